The molecule has 0 fully saturated rings. The molecule has 140 valence electrons. The molecule has 1 N–H and O–H groups in total. The summed E-state index contributed by atoms with van der Waals surface area (Å²) in [6.45, 7) is 2.31. The van der Waals surface area contributed by atoms with Crippen molar-refractivity contribution >= 4 is 23.4 Å². The second-order valence-corrected chi connectivity index (χ2v) is 7.41. The molecule has 6 heteroatoms. The summed E-state index contributed by atoms with van der Waals surface area (Å²) in [6, 6.07) is 22.7. The summed E-state index contributed by atoms with van der Waals surface area (Å²) < 4.78 is 5.75. The van der Waals surface area contributed by atoms with Crippen LogP contribution in [0.4, 0.5) is 5.69 Å². The molecule has 28 heavy (non-hydrogen) atoms. The van der Waals surface area contributed by atoms with Crippen molar-refractivity contribution in [3.8, 4) is 11.8 Å². The van der Waals surface area contributed by atoms with Gasteiger partial charge in [-0.15, -0.1) is 0 Å². The zero-order valence-electron chi connectivity index (χ0n) is 15.3. The van der Waals surface area contributed by atoms with Crippen LogP contribution < -0.4 is 10.1 Å². The highest BCUT2D eigenvalue weighted by atomic mass is 32.2. The van der Waals surface area contributed by atoms with Gasteiger partial charge in [0, 0.05) is 11.9 Å². The van der Waals surface area contributed by atoms with E-state index < -0.39 is 0 Å². The van der Waals surface area contributed by atoms with Crippen molar-refractivity contribution in [2.45, 2.75) is 23.8 Å². The molecule has 1 atom stereocenters. The molecular formula is C22H19N3O2S. The number of amides is 1. The molecular weight excluding hydrogens is 370 g/mol. The quantitative estimate of drug-likeness (QED) is 0.595. The summed E-state index contributed by atoms with van der Waals surface area (Å²) >= 11 is 1.34. The number of hydrogen-bond acceptors (Lipinski definition) is 5. The third-order valence-electron chi connectivity index (χ3n) is 3.90. The van der Waals surface area contributed by atoms with Crippen LogP contribution in [0, 0.1) is 11.3 Å². The first-order valence-electron chi connectivity index (χ1n) is 8.74. The topological polar surface area (TPSA) is 75.0 Å². The summed E-state index contributed by atoms with van der Waals surface area (Å²) in [5.41, 5.74) is 2.30. The summed E-state index contributed by atoms with van der Waals surface area (Å²) in [5, 5.41) is 12.1. The SMILES string of the molecule is C[C@H](Sc1ccc(C#N)cn1)C(=O)Nc1ccc(OCc2ccccc2)cc1. The van der Waals surface area contributed by atoms with Crippen molar-refractivity contribution < 1.29 is 9.53 Å². The van der Waals surface area contributed by atoms with Gasteiger partial charge in [-0.1, -0.05) is 42.1 Å². The Morgan fingerprint density at radius 2 is 1.89 bits per heavy atom. The summed E-state index contributed by atoms with van der Waals surface area (Å²) in [5.74, 6) is 0.625. The molecule has 0 radical (unpaired) electrons. The van der Waals surface area contributed by atoms with Gasteiger partial charge < -0.3 is 10.1 Å². The highest BCUT2D eigenvalue weighted by Gasteiger charge is 2.15. The Kier molecular flexibility index (Phi) is 6.66. The molecule has 0 spiro atoms. The number of nitriles is 1. The Balaban J connectivity index is 1.51. The van der Waals surface area contributed by atoms with Gasteiger partial charge in [0.2, 0.25) is 5.91 Å². The predicted octanol–water partition coefficient (Wildman–Crippen LogP) is 4.65. The summed E-state index contributed by atoms with van der Waals surface area (Å²) in [6.07, 6.45) is 1.50. The number of hydrogen-bond donors (Lipinski definition) is 1. The Morgan fingerprint density at radius 3 is 2.54 bits per heavy atom. The monoisotopic (exact) mass is 389 g/mol. The van der Waals surface area contributed by atoms with Gasteiger partial charge in [-0.2, -0.15) is 5.26 Å². The number of carbonyl (C=O) groups excluding carboxylic acids is 1. The molecule has 0 saturated heterocycles. The molecule has 3 rings (SSSR count). The van der Waals surface area contributed by atoms with Crippen molar-refractivity contribution in [3.05, 3.63) is 84.1 Å². The third kappa shape index (κ3) is 5.60. The van der Waals surface area contributed by atoms with E-state index in [2.05, 4.69) is 10.3 Å². The van der Waals surface area contributed by atoms with Crippen LogP contribution in [0.15, 0.2) is 78.0 Å². The molecule has 0 saturated carbocycles. The van der Waals surface area contributed by atoms with Crippen LogP contribution in [0.2, 0.25) is 0 Å². The molecule has 0 aliphatic carbocycles. The lowest BCUT2D eigenvalue weighted by molar-refractivity contribution is -0.115. The van der Waals surface area contributed by atoms with E-state index in [1.807, 2.05) is 67.6 Å². The number of carbonyl (C=O) groups is 1. The lowest BCUT2D eigenvalue weighted by Crippen LogP contribution is -2.22. The van der Waals surface area contributed by atoms with Gasteiger partial charge in [0.1, 0.15) is 18.4 Å². The maximum Gasteiger partial charge on any atom is 0.237 e. The van der Waals surface area contributed by atoms with Gasteiger partial charge in [-0.05, 0) is 48.9 Å². The number of rotatable bonds is 7. The smallest absolute Gasteiger partial charge is 0.237 e. The Labute approximate surface area is 168 Å². The van der Waals surface area contributed by atoms with E-state index >= 15 is 0 Å². The van der Waals surface area contributed by atoms with Gasteiger partial charge in [-0.3, -0.25) is 4.79 Å². The fraction of sp³-hybridized carbons (Fsp3) is 0.136. The maximum absolute atomic E-state index is 12.4. The van der Waals surface area contributed by atoms with Crippen LogP contribution in [0.25, 0.3) is 0 Å². The minimum atomic E-state index is -0.325. The Hall–Kier alpha value is -3.30. The average Bonchev–Trinajstić information content (AvgIpc) is 2.74. The fourth-order valence-electron chi connectivity index (χ4n) is 2.37. The molecule has 0 aliphatic rings. The van der Waals surface area contributed by atoms with Crippen LogP contribution in [0.3, 0.4) is 0 Å². The number of anilines is 1. The van der Waals surface area contributed by atoms with Gasteiger partial charge >= 0.3 is 0 Å². The van der Waals surface area contributed by atoms with Gasteiger partial charge in [0.15, 0.2) is 0 Å². The summed E-state index contributed by atoms with van der Waals surface area (Å²) in [7, 11) is 0. The number of nitrogens with one attached hydrogen (secondary N) is 1. The first-order valence-corrected chi connectivity index (χ1v) is 9.62. The third-order valence-corrected chi connectivity index (χ3v) is 4.95. The summed E-state index contributed by atoms with van der Waals surface area (Å²) in [4.78, 5) is 16.6. The van der Waals surface area contributed by atoms with E-state index in [1.165, 1.54) is 18.0 Å². The van der Waals surface area contributed by atoms with Crippen molar-refractivity contribution in [2.24, 2.45) is 0 Å². The molecule has 2 aromatic carbocycles. The first-order chi connectivity index (χ1) is 13.6. The second-order valence-electron chi connectivity index (χ2n) is 6.04. The number of nitrogens with zero attached hydrogens (tertiary/aromatic N) is 2. The lowest BCUT2D eigenvalue weighted by Gasteiger charge is -2.12. The van der Waals surface area contributed by atoms with Crippen LogP contribution in [-0.4, -0.2) is 16.1 Å². The first kappa shape index (κ1) is 19.5. The van der Waals surface area contributed by atoms with E-state index in [1.54, 1.807) is 12.1 Å². The number of pyridine rings is 1. The molecule has 1 heterocycles. The standard InChI is InChI=1S/C22H19N3O2S/c1-16(28-21-12-7-18(13-23)14-24-21)22(26)25-19-8-10-20(11-9-19)27-15-17-5-3-2-4-6-17/h2-12,14,16H,15H2,1H3,(H,25,26)/t16-/m0/s1. The largest absolute Gasteiger partial charge is 0.489 e. The molecule has 1 amide bonds. The van der Waals surface area contributed by atoms with Crippen LogP contribution in [0.1, 0.15) is 18.1 Å². The molecule has 5 nitrogen and oxygen atoms in total. The van der Waals surface area contributed by atoms with Crippen LogP contribution >= 0.6 is 11.8 Å². The van der Waals surface area contributed by atoms with Gasteiger partial charge in [0.25, 0.3) is 0 Å². The second kappa shape index (κ2) is 9.58. The van der Waals surface area contributed by atoms with Gasteiger partial charge in [-0.25, -0.2) is 4.98 Å². The van der Waals surface area contributed by atoms with E-state index in [0.29, 0.717) is 22.9 Å². The highest BCUT2D eigenvalue weighted by molar-refractivity contribution is 8.00. The van der Waals surface area contributed by atoms with Crippen LogP contribution in [0.5, 0.6) is 5.75 Å². The van der Waals surface area contributed by atoms with E-state index in [9.17, 15) is 4.79 Å². The zero-order valence-corrected chi connectivity index (χ0v) is 16.1. The normalized spacial score (nSPS) is 11.3. The molecule has 0 bridgehead atoms. The minimum Gasteiger partial charge on any atom is -0.489 e. The van der Waals surface area contributed by atoms with Crippen molar-refractivity contribution in [1.29, 1.82) is 5.26 Å². The maximum atomic E-state index is 12.4. The number of ether oxygens (including phenoxy) is 1. The molecule has 0 aliphatic heterocycles. The Morgan fingerprint density at radius 1 is 1.14 bits per heavy atom. The zero-order chi connectivity index (χ0) is 19.8. The predicted molar refractivity (Wildman–Crippen MR) is 110 cm³/mol. The van der Waals surface area contributed by atoms with E-state index in [4.69, 9.17) is 10.00 Å². The van der Waals surface area contributed by atoms with Crippen LogP contribution in [-0.2, 0) is 11.4 Å². The van der Waals surface area contributed by atoms with Crippen molar-refractivity contribution in [3.63, 3.8) is 0 Å². The molecule has 3 aromatic rings. The lowest BCUT2D eigenvalue weighted by atomic mass is 10.2. The number of benzene rings is 2. The minimum absolute atomic E-state index is 0.117. The fourth-order valence-corrected chi connectivity index (χ4v) is 3.16. The van der Waals surface area contributed by atoms with E-state index in [0.717, 1.165) is 11.3 Å². The van der Waals surface area contributed by atoms with Gasteiger partial charge in [0.05, 0.1) is 15.8 Å². The highest BCUT2D eigenvalue weighted by Crippen LogP contribution is 2.23. The number of thioether (sulfide) groups is 1. The molecule has 0 unspecified atom stereocenters. The molecule has 1 aromatic heterocycles. The van der Waals surface area contributed by atoms with E-state index in [-0.39, 0.29) is 11.2 Å². The van der Waals surface area contributed by atoms with Crippen molar-refractivity contribution in [2.75, 3.05) is 5.32 Å². The number of aromatic nitrogens is 1. The van der Waals surface area contributed by atoms with Crippen molar-refractivity contribution in [1.82, 2.24) is 4.98 Å². The Bertz CT molecular complexity index is 952. The average molecular weight is 389 g/mol.